The van der Waals surface area contributed by atoms with Gasteiger partial charge < -0.3 is 14.2 Å². The average Bonchev–Trinajstić information content (AvgIpc) is 3.11. The van der Waals surface area contributed by atoms with Crippen LogP contribution in [0.4, 0.5) is 4.39 Å². The van der Waals surface area contributed by atoms with Crippen LogP contribution in [0.3, 0.4) is 0 Å². The van der Waals surface area contributed by atoms with Crippen molar-refractivity contribution in [3.63, 3.8) is 0 Å². The van der Waals surface area contributed by atoms with Crippen molar-refractivity contribution in [2.75, 3.05) is 7.11 Å². The highest BCUT2D eigenvalue weighted by atomic mass is 19.1. The molecule has 136 valence electrons. The minimum absolute atomic E-state index is 0.327. The van der Waals surface area contributed by atoms with Gasteiger partial charge in [-0.25, -0.2) is 9.37 Å². The summed E-state index contributed by atoms with van der Waals surface area (Å²) in [5.74, 6) is 0.439. The van der Waals surface area contributed by atoms with Crippen LogP contribution in [0.5, 0.6) is 5.75 Å². The minimum atomic E-state index is -0.652. The van der Waals surface area contributed by atoms with Crippen molar-refractivity contribution >= 4 is 5.65 Å². The molecule has 0 aliphatic heterocycles. The van der Waals surface area contributed by atoms with Crippen molar-refractivity contribution in [2.24, 2.45) is 0 Å². The summed E-state index contributed by atoms with van der Waals surface area (Å²) in [6.07, 6.45) is 3.10. The molecule has 4 aromatic rings. The third kappa shape index (κ3) is 3.29. The standard InChI is InChI=1S/C22H19FN2O2/c1-14(26)15-6-8-20(23)19(11-15)17-7-9-22-24-21(13-25(22)12-17)16-4-3-5-18(10-16)27-2/h3-14,26H,1-2H3. The molecule has 0 saturated heterocycles. The number of pyridine rings is 1. The molecule has 0 fully saturated rings. The molecule has 2 aromatic heterocycles. The summed E-state index contributed by atoms with van der Waals surface area (Å²) in [7, 11) is 1.63. The molecule has 0 aliphatic carbocycles. The number of aromatic nitrogens is 2. The van der Waals surface area contributed by atoms with Crippen LogP contribution >= 0.6 is 0 Å². The van der Waals surface area contributed by atoms with Gasteiger partial charge >= 0.3 is 0 Å². The van der Waals surface area contributed by atoms with Gasteiger partial charge in [-0.05, 0) is 48.9 Å². The lowest BCUT2D eigenvalue weighted by molar-refractivity contribution is 0.199. The maximum atomic E-state index is 14.4. The summed E-state index contributed by atoms with van der Waals surface area (Å²) in [6.45, 7) is 1.66. The van der Waals surface area contributed by atoms with Crippen LogP contribution in [-0.2, 0) is 0 Å². The van der Waals surface area contributed by atoms with Gasteiger partial charge in [-0.1, -0.05) is 18.2 Å². The summed E-state index contributed by atoms with van der Waals surface area (Å²) in [4.78, 5) is 4.64. The number of halogens is 1. The third-order valence-corrected chi connectivity index (χ3v) is 4.60. The lowest BCUT2D eigenvalue weighted by Crippen LogP contribution is -1.94. The van der Waals surface area contributed by atoms with E-state index in [2.05, 4.69) is 4.98 Å². The van der Waals surface area contributed by atoms with Gasteiger partial charge in [0.25, 0.3) is 0 Å². The maximum absolute atomic E-state index is 14.4. The van der Waals surface area contributed by atoms with Crippen LogP contribution in [-0.4, -0.2) is 21.6 Å². The highest BCUT2D eigenvalue weighted by molar-refractivity contribution is 5.69. The molecule has 0 radical (unpaired) electrons. The molecule has 0 spiro atoms. The third-order valence-electron chi connectivity index (χ3n) is 4.60. The molecule has 0 aliphatic rings. The van der Waals surface area contributed by atoms with Gasteiger partial charge in [0, 0.05) is 29.1 Å². The Balaban J connectivity index is 1.78. The maximum Gasteiger partial charge on any atom is 0.137 e. The van der Waals surface area contributed by atoms with E-state index >= 15 is 0 Å². The van der Waals surface area contributed by atoms with Crippen molar-refractivity contribution in [3.05, 3.63) is 78.4 Å². The van der Waals surface area contributed by atoms with E-state index in [1.165, 1.54) is 6.07 Å². The molecule has 0 saturated carbocycles. The van der Waals surface area contributed by atoms with Crippen LogP contribution in [0.25, 0.3) is 28.0 Å². The number of hydrogen-bond donors (Lipinski definition) is 1. The quantitative estimate of drug-likeness (QED) is 0.563. The predicted molar refractivity (Wildman–Crippen MR) is 103 cm³/mol. The Morgan fingerprint density at radius 1 is 1.04 bits per heavy atom. The zero-order valence-electron chi connectivity index (χ0n) is 15.1. The summed E-state index contributed by atoms with van der Waals surface area (Å²) in [6, 6.07) is 16.1. The van der Waals surface area contributed by atoms with E-state index in [9.17, 15) is 9.50 Å². The number of ether oxygens (including phenoxy) is 1. The number of benzene rings is 2. The van der Waals surface area contributed by atoms with Crippen molar-refractivity contribution in [1.82, 2.24) is 9.38 Å². The second kappa shape index (κ2) is 6.85. The van der Waals surface area contributed by atoms with Gasteiger partial charge in [0.15, 0.2) is 0 Å². The van der Waals surface area contributed by atoms with Gasteiger partial charge in [-0.3, -0.25) is 0 Å². The number of fused-ring (bicyclic) bond motifs is 1. The van der Waals surface area contributed by atoms with Crippen molar-refractivity contribution in [3.8, 4) is 28.1 Å². The zero-order valence-corrected chi connectivity index (χ0v) is 15.1. The molecular weight excluding hydrogens is 343 g/mol. The van der Waals surface area contributed by atoms with Gasteiger partial charge in [-0.2, -0.15) is 0 Å². The lowest BCUT2D eigenvalue weighted by atomic mass is 10.0. The Bertz CT molecular complexity index is 1120. The van der Waals surface area contributed by atoms with Gasteiger partial charge in [0.2, 0.25) is 0 Å². The normalized spacial score (nSPS) is 12.3. The summed E-state index contributed by atoms with van der Waals surface area (Å²) >= 11 is 0. The molecule has 4 nitrogen and oxygen atoms in total. The monoisotopic (exact) mass is 362 g/mol. The topological polar surface area (TPSA) is 46.8 Å². The van der Waals surface area contributed by atoms with Crippen LogP contribution in [0.2, 0.25) is 0 Å². The highest BCUT2D eigenvalue weighted by Crippen LogP contribution is 2.28. The van der Waals surface area contributed by atoms with Crippen LogP contribution in [0.1, 0.15) is 18.6 Å². The highest BCUT2D eigenvalue weighted by Gasteiger charge is 2.11. The minimum Gasteiger partial charge on any atom is -0.497 e. The van der Waals surface area contributed by atoms with Crippen LogP contribution in [0.15, 0.2) is 67.0 Å². The first kappa shape index (κ1) is 17.2. The first-order chi connectivity index (χ1) is 13.0. The number of aliphatic hydroxyl groups excluding tert-OH is 1. The fourth-order valence-electron chi connectivity index (χ4n) is 3.10. The van der Waals surface area contributed by atoms with Crippen LogP contribution in [0, 0.1) is 5.82 Å². The SMILES string of the molecule is COc1cccc(-c2cn3cc(-c4cc(C(C)O)ccc4F)ccc3n2)c1. The largest absolute Gasteiger partial charge is 0.497 e. The molecule has 2 aromatic carbocycles. The van der Waals surface area contributed by atoms with E-state index in [1.54, 1.807) is 26.2 Å². The first-order valence-electron chi connectivity index (χ1n) is 8.66. The summed E-state index contributed by atoms with van der Waals surface area (Å²) in [5, 5.41) is 9.78. The molecule has 0 bridgehead atoms. The summed E-state index contributed by atoms with van der Waals surface area (Å²) in [5.41, 5.74) is 4.37. The fourth-order valence-corrected chi connectivity index (χ4v) is 3.10. The smallest absolute Gasteiger partial charge is 0.137 e. The van der Waals surface area contributed by atoms with Gasteiger partial charge in [0.05, 0.1) is 18.9 Å². The Kier molecular flexibility index (Phi) is 4.38. The molecule has 1 N–H and O–H groups in total. The number of methoxy groups -OCH3 is 1. The average molecular weight is 362 g/mol. The van der Waals surface area contributed by atoms with E-state index in [-0.39, 0.29) is 5.82 Å². The Morgan fingerprint density at radius 3 is 2.67 bits per heavy atom. The van der Waals surface area contributed by atoms with Crippen LogP contribution < -0.4 is 4.74 Å². The van der Waals surface area contributed by atoms with Crippen molar-refractivity contribution < 1.29 is 14.2 Å². The second-order valence-electron chi connectivity index (χ2n) is 6.46. The van der Waals surface area contributed by atoms with E-state index in [1.807, 2.05) is 53.2 Å². The van der Waals surface area contributed by atoms with Crippen molar-refractivity contribution in [2.45, 2.75) is 13.0 Å². The fraction of sp³-hybridized carbons (Fsp3) is 0.136. The zero-order chi connectivity index (χ0) is 19.0. The Morgan fingerprint density at radius 2 is 1.89 bits per heavy atom. The van der Waals surface area contributed by atoms with Crippen molar-refractivity contribution in [1.29, 1.82) is 0 Å². The molecule has 4 rings (SSSR count). The Labute approximate surface area is 156 Å². The number of rotatable bonds is 4. The summed E-state index contributed by atoms with van der Waals surface area (Å²) < 4.78 is 21.5. The van der Waals surface area contributed by atoms with Gasteiger partial charge in [-0.15, -0.1) is 0 Å². The number of hydrogen-bond acceptors (Lipinski definition) is 3. The molecule has 27 heavy (non-hydrogen) atoms. The second-order valence-corrected chi connectivity index (χ2v) is 6.46. The number of nitrogens with zero attached hydrogens (tertiary/aromatic N) is 2. The molecule has 0 amide bonds. The van der Waals surface area contributed by atoms with E-state index in [4.69, 9.17) is 4.74 Å². The van der Waals surface area contributed by atoms with Gasteiger partial charge in [0.1, 0.15) is 17.2 Å². The predicted octanol–water partition coefficient (Wildman–Crippen LogP) is 4.87. The number of imidazole rings is 1. The molecule has 1 atom stereocenters. The molecule has 5 heteroatoms. The van der Waals surface area contributed by atoms with E-state index < -0.39 is 6.10 Å². The molecule has 1 unspecified atom stereocenters. The van der Waals surface area contributed by atoms with E-state index in [0.29, 0.717) is 11.1 Å². The molecule has 2 heterocycles. The lowest BCUT2D eigenvalue weighted by Gasteiger charge is -2.09. The number of aliphatic hydroxyl groups is 1. The van der Waals surface area contributed by atoms with E-state index in [0.717, 1.165) is 28.2 Å². The first-order valence-corrected chi connectivity index (χ1v) is 8.66. The Hall–Kier alpha value is -3.18. The molecular formula is C22H19FN2O2.